The first-order chi connectivity index (χ1) is 14.1. The van der Waals surface area contributed by atoms with Gasteiger partial charge in [-0.05, 0) is 44.7 Å². The Morgan fingerprint density at radius 3 is 2.47 bits per heavy atom. The smallest absolute Gasteiger partial charge is 0.475 e. The average molecular weight is 432 g/mol. The number of nitrogens with one attached hydrogen (secondary N) is 1. The molecule has 3 aliphatic rings. The summed E-state index contributed by atoms with van der Waals surface area (Å²) in [6, 6.07) is 4.49. The van der Waals surface area contributed by atoms with Gasteiger partial charge in [0.1, 0.15) is 11.5 Å². The van der Waals surface area contributed by atoms with Crippen LogP contribution in [-0.4, -0.2) is 59.4 Å². The number of alkyl halides is 3. The standard InChI is InChI=1S/C18H26N2O3.C2HF3O2/c1-12-5-6-15(22-12)10-20-9-13-7-16(23-17(13)11-20)8-18(21)19-14-3-2-4-14;3-2(4,5)1(6)7/h5-6,13-14,16-17H,2-4,7-11H2,1H3,(H,19,21);(H,6,7)/t13-,16-,17+;/m0./s1. The fourth-order valence-electron chi connectivity index (χ4n) is 4.05. The van der Waals surface area contributed by atoms with Gasteiger partial charge in [-0.15, -0.1) is 0 Å². The van der Waals surface area contributed by atoms with Gasteiger partial charge in [-0.3, -0.25) is 9.69 Å². The highest BCUT2D eigenvalue weighted by Crippen LogP contribution is 2.35. The van der Waals surface area contributed by atoms with Crippen molar-refractivity contribution in [3.63, 3.8) is 0 Å². The first-order valence-electron chi connectivity index (χ1n) is 10.1. The van der Waals surface area contributed by atoms with Crippen LogP contribution in [0.25, 0.3) is 0 Å². The molecular weight excluding hydrogens is 405 g/mol. The molecule has 0 bridgehead atoms. The van der Waals surface area contributed by atoms with Gasteiger partial charge in [0.25, 0.3) is 0 Å². The number of amides is 1. The predicted octanol–water partition coefficient (Wildman–Crippen LogP) is 2.87. The molecule has 3 fully saturated rings. The molecule has 0 spiro atoms. The van der Waals surface area contributed by atoms with Crippen LogP contribution in [-0.2, 0) is 20.9 Å². The number of aryl methyl sites for hydroxylation is 1. The van der Waals surface area contributed by atoms with Crippen LogP contribution in [0.15, 0.2) is 16.5 Å². The second-order valence-electron chi connectivity index (χ2n) is 8.20. The van der Waals surface area contributed by atoms with Crippen molar-refractivity contribution >= 4 is 11.9 Å². The van der Waals surface area contributed by atoms with Crippen LogP contribution in [0.4, 0.5) is 13.2 Å². The van der Waals surface area contributed by atoms with Crippen LogP contribution in [0, 0.1) is 12.8 Å². The van der Waals surface area contributed by atoms with Crippen LogP contribution in [0.2, 0.25) is 0 Å². The summed E-state index contributed by atoms with van der Waals surface area (Å²) >= 11 is 0. The number of carbonyl (C=O) groups is 2. The van der Waals surface area contributed by atoms with Crippen molar-refractivity contribution in [1.82, 2.24) is 10.2 Å². The van der Waals surface area contributed by atoms with Crippen molar-refractivity contribution in [3.8, 4) is 0 Å². The van der Waals surface area contributed by atoms with Gasteiger partial charge in [0, 0.05) is 25.0 Å². The number of carbonyl (C=O) groups excluding carboxylic acids is 1. The molecule has 1 aliphatic carbocycles. The zero-order valence-corrected chi connectivity index (χ0v) is 16.8. The fourth-order valence-corrected chi connectivity index (χ4v) is 4.05. The number of ether oxygens (including phenoxy) is 1. The summed E-state index contributed by atoms with van der Waals surface area (Å²) in [5, 5.41) is 10.2. The van der Waals surface area contributed by atoms with Crippen LogP contribution in [0.1, 0.15) is 43.6 Å². The molecule has 2 saturated heterocycles. The number of rotatable bonds is 5. The monoisotopic (exact) mass is 432 g/mol. The van der Waals surface area contributed by atoms with E-state index in [1.807, 2.05) is 13.0 Å². The van der Waals surface area contributed by atoms with Crippen molar-refractivity contribution in [2.24, 2.45) is 5.92 Å². The molecule has 2 aliphatic heterocycles. The number of hydrogen-bond donors (Lipinski definition) is 2. The molecule has 4 rings (SSSR count). The maximum atomic E-state index is 12.0. The van der Waals surface area contributed by atoms with Gasteiger partial charge in [0.05, 0.1) is 25.2 Å². The lowest BCUT2D eigenvalue weighted by molar-refractivity contribution is -0.192. The molecule has 1 aromatic heterocycles. The number of nitrogens with zero attached hydrogens (tertiary/aromatic N) is 1. The molecule has 30 heavy (non-hydrogen) atoms. The Kier molecular flexibility index (Phi) is 7.07. The molecule has 3 atom stereocenters. The highest BCUT2D eigenvalue weighted by atomic mass is 19.4. The maximum Gasteiger partial charge on any atom is 0.490 e. The summed E-state index contributed by atoms with van der Waals surface area (Å²) in [4.78, 5) is 23.3. The normalized spacial score (nSPS) is 26.5. The van der Waals surface area contributed by atoms with E-state index in [1.165, 1.54) is 6.42 Å². The van der Waals surface area contributed by atoms with Crippen LogP contribution in [0.3, 0.4) is 0 Å². The molecule has 2 N–H and O–H groups in total. The second kappa shape index (κ2) is 9.38. The minimum absolute atomic E-state index is 0.109. The lowest BCUT2D eigenvalue weighted by Crippen LogP contribution is -2.40. The molecule has 1 saturated carbocycles. The first kappa shape index (κ1) is 22.6. The third-order valence-corrected chi connectivity index (χ3v) is 5.69. The molecule has 1 amide bonds. The van der Waals surface area contributed by atoms with E-state index in [2.05, 4.69) is 16.3 Å². The third kappa shape index (κ3) is 6.21. The van der Waals surface area contributed by atoms with Gasteiger partial charge in [-0.2, -0.15) is 13.2 Å². The van der Waals surface area contributed by atoms with Gasteiger partial charge in [0.15, 0.2) is 0 Å². The van der Waals surface area contributed by atoms with Gasteiger partial charge >= 0.3 is 12.1 Å². The first-order valence-corrected chi connectivity index (χ1v) is 10.1. The minimum Gasteiger partial charge on any atom is -0.475 e. The zero-order chi connectivity index (χ0) is 21.9. The summed E-state index contributed by atoms with van der Waals surface area (Å²) in [5.74, 6) is -0.0327. The Balaban J connectivity index is 0.000000318. The van der Waals surface area contributed by atoms with Crippen LogP contribution in [0.5, 0.6) is 0 Å². The molecular formula is C20H27F3N2O5. The van der Waals surface area contributed by atoms with Crippen molar-refractivity contribution < 1.29 is 37.0 Å². The number of likely N-dealkylation sites (tertiary alicyclic amines) is 1. The maximum absolute atomic E-state index is 12.0. The Labute approximate surface area is 172 Å². The second-order valence-corrected chi connectivity index (χ2v) is 8.20. The van der Waals surface area contributed by atoms with Gasteiger partial charge < -0.3 is 19.6 Å². The number of carboxylic acid groups (broad SMARTS) is 1. The van der Waals surface area contributed by atoms with Crippen molar-refractivity contribution in [2.75, 3.05) is 13.1 Å². The van der Waals surface area contributed by atoms with Gasteiger partial charge in [-0.25, -0.2) is 4.79 Å². The van der Waals surface area contributed by atoms with Crippen molar-refractivity contribution in [3.05, 3.63) is 23.7 Å². The summed E-state index contributed by atoms with van der Waals surface area (Å²) in [7, 11) is 0. The Morgan fingerprint density at radius 1 is 1.27 bits per heavy atom. The number of furan rings is 1. The molecule has 3 heterocycles. The SMILES string of the molecule is Cc1ccc(CN2C[C@@H]3C[C@@H](CC(=O)NC4CCC4)O[C@@H]3C2)o1.O=C(O)C(F)(F)F. The van der Waals surface area contributed by atoms with E-state index in [1.54, 1.807) is 0 Å². The summed E-state index contributed by atoms with van der Waals surface area (Å²) in [6.07, 6.45) is 0.385. The number of carboxylic acids is 1. The summed E-state index contributed by atoms with van der Waals surface area (Å²) < 4.78 is 43.5. The average Bonchev–Trinajstić information content (AvgIpc) is 3.26. The van der Waals surface area contributed by atoms with E-state index in [9.17, 15) is 18.0 Å². The van der Waals surface area contributed by atoms with Gasteiger partial charge in [0.2, 0.25) is 5.91 Å². The van der Waals surface area contributed by atoms with Crippen molar-refractivity contribution in [2.45, 2.75) is 70.0 Å². The predicted molar refractivity (Wildman–Crippen MR) is 99.6 cm³/mol. The molecule has 7 nitrogen and oxygen atoms in total. The van der Waals surface area contributed by atoms with E-state index in [4.69, 9.17) is 19.1 Å². The number of halogens is 3. The van der Waals surface area contributed by atoms with Crippen LogP contribution < -0.4 is 5.32 Å². The molecule has 0 unspecified atom stereocenters. The number of fused-ring (bicyclic) bond motifs is 1. The fraction of sp³-hybridized carbons (Fsp3) is 0.700. The van der Waals surface area contributed by atoms with Gasteiger partial charge in [-0.1, -0.05) is 0 Å². The summed E-state index contributed by atoms with van der Waals surface area (Å²) in [6.45, 7) is 4.83. The van der Waals surface area contributed by atoms with Crippen LogP contribution >= 0.6 is 0 Å². The van der Waals surface area contributed by atoms with Crippen molar-refractivity contribution in [1.29, 1.82) is 0 Å². The highest BCUT2D eigenvalue weighted by Gasteiger charge is 2.42. The largest absolute Gasteiger partial charge is 0.490 e. The zero-order valence-electron chi connectivity index (χ0n) is 16.8. The van der Waals surface area contributed by atoms with E-state index >= 15 is 0 Å². The molecule has 10 heteroatoms. The molecule has 0 aromatic carbocycles. The quantitative estimate of drug-likeness (QED) is 0.744. The number of hydrogen-bond acceptors (Lipinski definition) is 5. The lowest BCUT2D eigenvalue weighted by atomic mass is 9.93. The Morgan fingerprint density at radius 2 is 1.97 bits per heavy atom. The Hall–Kier alpha value is -2.07. The molecule has 168 valence electrons. The topological polar surface area (TPSA) is 92.0 Å². The van der Waals surface area contributed by atoms with E-state index in [-0.39, 0.29) is 18.1 Å². The number of aliphatic carboxylic acids is 1. The van der Waals surface area contributed by atoms with E-state index < -0.39 is 12.1 Å². The van der Waals surface area contributed by atoms with E-state index in [0.29, 0.717) is 18.4 Å². The summed E-state index contributed by atoms with van der Waals surface area (Å²) in [5.41, 5.74) is 0. The van der Waals surface area contributed by atoms with E-state index in [0.717, 1.165) is 50.4 Å². The minimum atomic E-state index is -5.08. The lowest BCUT2D eigenvalue weighted by Gasteiger charge is -2.27. The third-order valence-electron chi connectivity index (χ3n) is 5.69. The highest BCUT2D eigenvalue weighted by molar-refractivity contribution is 5.76. The molecule has 1 aromatic rings. The Bertz CT molecular complexity index is 733. The molecule has 0 radical (unpaired) electrons.